The number of hydrogen-bond acceptors (Lipinski definition) is 3. The molecule has 1 rings (SSSR count). The number of carbonyl (C=O) groups is 1. The van der Waals surface area contributed by atoms with E-state index in [4.69, 9.17) is 0 Å². The zero-order valence-electron chi connectivity index (χ0n) is 9.10. The van der Waals surface area contributed by atoms with Gasteiger partial charge in [0.15, 0.2) is 0 Å². The molecule has 0 radical (unpaired) electrons. The average Bonchev–Trinajstić information content (AvgIpc) is 2.57. The molecule has 1 fully saturated rings. The lowest BCUT2D eigenvalue weighted by molar-refractivity contribution is -0.137. The van der Waals surface area contributed by atoms with Gasteiger partial charge in [-0.2, -0.15) is 13.2 Å². The number of carbonyl (C=O) groups excluding carboxylic acids is 1. The fourth-order valence-electron chi connectivity index (χ4n) is 1.60. The number of amides is 1. The number of halogens is 3. The first-order chi connectivity index (χ1) is 7.37. The Kier molecular flexibility index (Phi) is 4.55. The Labute approximate surface area is 92.2 Å². The normalized spacial score (nSPS) is 22.4. The smallest absolute Gasteiger partial charge is 0.346 e. The largest absolute Gasteiger partial charge is 0.405 e. The number of nitrogens with zero attached hydrogens (tertiary/aromatic N) is 1. The van der Waals surface area contributed by atoms with Crippen LogP contribution >= 0.6 is 0 Å². The van der Waals surface area contributed by atoms with Gasteiger partial charge in [-0.05, 0) is 20.0 Å². The van der Waals surface area contributed by atoms with Gasteiger partial charge in [0.2, 0.25) is 5.91 Å². The van der Waals surface area contributed by atoms with Crippen molar-refractivity contribution in [3.8, 4) is 0 Å². The molecule has 0 aromatic carbocycles. The van der Waals surface area contributed by atoms with E-state index >= 15 is 0 Å². The highest BCUT2D eigenvalue weighted by atomic mass is 19.4. The van der Waals surface area contributed by atoms with E-state index in [1.54, 1.807) is 0 Å². The lowest BCUT2D eigenvalue weighted by Crippen LogP contribution is -2.42. The third-order valence-electron chi connectivity index (χ3n) is 2.43. The summed E-state index contributed by atoms with van der Waals surface area (Å²) in [5.74, 6) is -0.619. The Morgan fingerprint density at radius 3 is 2.69 bits per heavy atom. The number of alkyl halides is 3. The molecule has 1 heterocycles. The minimum Gasteiger partial charge on any atom is -0.346 e. The van der Waals surface area contributed by atoms with Gasteiger partial charge in [0.25, 0.3) is 0 Å². The van der Waals surface area contributed by atoms with Crippen LogP contribution in [-0.4, -0.2) is 56.3 Å². The number of nitrogens with one attached hydrogen (secondary N) is 2. The molecule has 0 saturated carbocycles. The third-order valence-corrected chi connectivity index (χ3v) is 2.43. The fourth-order valence-corrected chi connectivity index (χ4v) is 1.60. The molecule has 94 valence electrons. The summed E-state index contributed by atoms with van der Waals surface area (Å²) in [6.07, 6.45) is -3.42. The number of likely N-dealkylation sites (N-methyl/N-ethyl adjacent to an activating group) is 1. The third kappa shape index (κ3) is 5.32. The summed E-state index contributed by atoms with van der Waals surface area (Å²) in [5, 5.41) is 4.74. The van der Waals surface area contributed by atoms with Gasteiger partial charge in [-0.3, -0.25) is 4.79 Å². The lowest BCUT2D eigenvalue weighted by Gasteiger charge is -2.13. The second-order valence-electron chi connectivity index (χ2n) is 4.02. The summed E-state index contributed by atoms with van der Waals surface area (Å²) in [6.45, 7) is 0.445. The summed E-state index contributed by atoms with van der Waals surface area (Å²) < 4.78 is 35.3. The van der Waals surface area contributed by atoms with E-state index in [-0.39, 0.29) is 12.6 Å². The van der Waals surface area contributed by atoms with Crippen LogP contribution in [0.25, 0.3) is 0 Å². The molecule has 2 N–H and O–H groups in total. The van der Waals surface area contributed by atoms with Crippen molar-refractivity contribution in [1.29, 1.82) is 0 Å². The van der Waals surface area contributed by atoms with Gasteiger partial charge in [0.05, 0.1) is 6.54 Å². The van der Waals surface area contributed by atoms with E-state index in [0.717, 1.165) is 19.5 Å². The topological polar surface area (TPSA) is 44.4 Å². The van der Waals surface area contributed by atoms with Crippen LogP contribution in [0.5, 0.6) is 0 Å². The van der Waals surface area contributed by atoms with Crippen LogP contribution in [0.3, 0.4) is 0 Å². The standard InChI is InChI=1S/C9H16F3N3O/c1-15-3-2-7(5-15)13-4-8(16)14-6-9(10,11)12/h7,13H,2-6H2,1H3,(H,14,16). The minimum atomic E-state index is -4.34. The molecule has 1 saturated heterocycles. The van der Waals surface area contributed by atoms with Gasteiger partial charge in [0, 0.05) is 12.6 Å². The molecule has 7 heteroatoms. The maximum Gasteiger partial charge on any atom is 0.405 e. The first-order valence-electron chi connectivity index (χ1n) is 5.12. The molecule has 0 spiro atoms. The van der Waals surface area contributed by atoms with Crippen molar-refractivity contribution in [2.45, 2.75) is 18.6 Å². The highest BCUT2D eigenvalue weighted by Crippen LogP contribution is 2.12. The van der Waals surface area contributed by atoms with Crippen molar-refractivity contribution in [3.63, 3.8) is 0 Å². The summed E-state index contributed by atoms with van der Waals surface area (Å²) in [7, 11) is 1.96. The highest BCUT2D eigenvalue weighted by molar-refractivity contribution is 5.78. The van der Waals surface area contributed by atoms with Crippen LogP contribution < -0.4 is 10.6 Å². The quantitative estimate of drug-likeness (QED) is 0.723. The molecule has 1 atom stereocenters. The Morgan fingerprint density at radius 2 is 2.19 bits per heavy atom. The number of rotatable bonds is 4. The van der Waals surface area contributed by atoms with Gasteiger partial charge in [-0.15, -0.1) is 0 Å². The van der Waals surface area contributed by atoms with Crippen molar-refractivity contribution in [2.75, 3.05) is 33.2 Å². The van der Waals surface area contributed by atoms with Crippen molar-refractivity contribution in [2.24, 2.45) is 0 Å². The molecular formula is C9H16F3N3O. The van der Waals surface area contributed by atoms with Crippen LogP contribution in [0.15, 0.2) is 0 Å². The minimum absolute atomic E-state index is 0.0609. The zero-order valence-corrected chi connectivity index (χ0v) is 9.10. The Balaban J connectivity index is 2.11. The van der Waals surface area contributed by atoms with Crippen molar-refractivity contribution in [3.05, 3.63) is 0 Å². The molecule has 1 aliphatic rings. The van der Waals surface area contributed by atoms with Crippen molar-refractivity contribution < 1.29 is 18.0 Å². The van der Waals surface area contributed by atoms with E-state index in [9.17, 15) is 18.0 Å². The van der Waals surface area contributed by atoms with Gasteiger partial charge < -0.3 is 15.5 Å². The molecule has 1 unspecified atom stereocenters. The van der Waals surface area contributed by atoms with E-state index in [2.05, 4.69) is 10.2 Å². The van der Waals surface area contributed by atoms with Crippen LogP contribution in [0, 0.1) is 0 Å². The second kappa shape index (κ2) is 5.49. The van der Waals surface area contributed by atoms with Crippen LogP contribution in [0.1, 0.15) is 6.42 Å². The van der Waals surface area contributed by atoms with Gasteiger partial charge in [-0.1, -0.05) is 0 Å². The predicted molar refractivity (Wildman–Crippen MR) is 53.0 cm³/mol. The monoisotopic (exact) mass is 239 g/mol. The molecule has 16 heavy (non-hydrogen) atoms. The first-order valence-corrected chi connectivity index (χ1v) is 5.12. The molecule has 1 amide bonds. The zero-order chi connectivity index (χ0) is 12.2. The molecule has 1 aliphatic heterocycles. The van der Waals surface area contributed by atoms with Crippen molar-refractivity contribution in [1.82, 2.24) is 15.5 Å². The molecule has 0 aromatic heterocycles. The molecule has 0 aromatic rings. The van der Waals surface area contributed by atoms with Gasteiger partial charge in [-0.25, -0.2) is 0 Å². The lowest BCUT2D eigenvalue weighted by atomic mass is 10.2. The van der Waals surface area contributed by atoms with E-state index in [1.165, 1.54) is 0 Å². The van der Waals surface area contributed by atoms with Crippen LogP contribution in [-0.2, 0) is 4.79 Å². The summed E-state index contributed by atoms with van der Waals surface area (Å²) >= 11 is 0. The van der Waals surface area contributed by atoms with Gasteiger partial charge >= 0.3 is 6.18 Å². The van der Waals surface area contributed by atoms with E-state index < -0.39 is 18.6 Å². The second-order valence-corrected chi connectivity index (χ2v) is 4.02. The molecular weight excluding hydrogens is 223 g/mol. The average molecular weight is 239 g/mol. The maximum atomic E-state index is 11.8. The highest BCUT2D eigenvalue weighted by Gasteiger charge is 2.27. The predicted octanol–water partition coefficient (Wildman–Crippen LogP) is -0.0414. The molecule has 0 aliphatic carbocycles. The Morgan fingerprint density at radius 1 is 1.50 bits per heavy atom. The van der Waals surface area contributed by atoms with E-state index in [1.807, 2.05) is 12.4 Å². The van der Waals surface area contributed by atoms with Gasteiger partial charge in [0.1, 0.15) is 6.54 Å². The Hall–Kier alpha value is -0.820. The fraction of sp³-hybridized carbons (Fsp3) is 0.889. The summed E-state index contributed by atoms with van der Waals surface area (Å²) in [4.78, 5) is 13.1. The SMILES string of the molecule is CN1CCC(NCC(=O)NCC(F)(F)F)C1. The first kappa shape index (κ1) is 13.2. The molecule has 0 bridgehead atoms. The maximum absolute atomic E-state index is 11.8. The summed E-state index contributed by atoms with van der Waals surface area (Å²) in [5.41, 5.74) is 0. The van der Waals surface area contributed by atoms with Crippen LogP contribution in [0.4, 0.5) is 13.2 Å². The Bertz CT molecular complexity index is 245. The molecule has 4 nitrogen and oxygen atoms in total. The number of likely N-dealkylation sites (tertiary alicyclic amines) is 1. The van der Waals surface area contributed by atoms with Crippen LogP contribution in [0.2, 0.25) is 0 Å². The number of hydrogen-bond donors (Lipinski definition) is 2. The van der Waals surface area contributed by atoms with E-state index in [0.29, 0.717) is 0 Å². The van der Waals surface area contributed by atoms with Crippen molar-refractivity contribution >= 4 is 5.91 Å². The summed E-state index contributed by atoms with van der Waals surface area (Å²) in [6, 6.07) is 0.196.